The van der Waals surface area contributed by atoms with E-state index in [1.807, 2.05) is 30.3 Å². The molecule has 4 nitrogen and oxygen atoms in total. The molecule has 4 heteroatoms. The second kappa shape index (κ2) is 10.8. The number of nitrogens with zero attached hydrogens (tertiary/aromatic N) is 3. The molecule has 10 rings (SSSR count). The van der Waals surface area contributed by atoms with Crippen molar-refractivity contribution >= 4 is 22.5 Å². The van der Waals surface area contributed by atoms with Gasteiger partial charge in [-0.3, -0.25) is 4.90 Å². The third kappa shape index (κ3) is 4.04. The maximum Gasteiger partial charge on any atom is 0.232 e. The van der Waals surface area contributed by atoms with E-state index in [2.05, 4.69) is 150 Å². The highest BCUT2D eigenvalue weighted by Gasteiger charge is 2.54. The van der Waals surface area contributed by atoms with Crippen LogP contribution < -0.4 is 9.64 Å². The van der Waals surface area contributed by atoms with Gasteiger partial charge in [-0.15, -0.1) is 0 Å². The lowest BCUT2D eigenvalue weighted by atomic mass is 9.78. The minimum Gasteiger partial charge on any atom is -0.455 e. The van der Waals surface area contributed by atoms with Crippen molar-refractivity contribution in [2.24, 2.45) is 0 Å². The number of hydrogen-bond acceptors (Lipinski definition) is 4. The van der Waals surface area contributed by atoms with Crippen molar-refractivity contribution in [1.82, 2.24) is 9.97 Å². The highest BCUT2D eigenvalue weighted by molar-refractivity contribution is 5.95. The van der Waals surface area contributed by atoms with Gasteiger partial charge in [0.1, 0.15) is 11.3 Å². The van der Waals surface area contributed by atoms with Crippen LogP contribution in [0.1, 0.15) is 16.7 Å². The van der Waals surface area contributed by atoms with Gasteiger partial charge in [-0.25, -0.2) is 9.97 Å². The van der Waals surface area contributed by atoms with Crippen LogP contribution in [0.25, 0.3) is 44.4 Å². The maximum atomic E-state index is 6.83. The monoisotopic (exact) mass is 627 g/mol. The first-order chi connectivity index (χ1) is 24.3. The lowest BCUT2D eigenvalue weighted by Crippen LogP contribution is -2.44. The molecule has 7 aromatic carbocycles. The summed E-state index contributed by atoms with van der Waals surface area (Å²) in [6.45, 7) is 0. The molecule has 0 N–H and O–H groups in total. The summed E-state index contributed by atoms with van der Waals surface area (Å²) in [5.74, 6) is 2.15. The second-order valence-electron chi connectivity index (χ2n) is 12.5. The lowest BCUT2D eigenvalue weighted by molar-refractivity contribution is 0.480. The molecule has 0 atom stereocenters. The van der Waals surface area contributed by atoms with Crippen molar-refractivity contribution in [2.45, 2.75) is 5.54 Å². The molecule has 0 unspecified atom stereocenters. The van der Waals surface area contributed by atoms with Gasteiger partial charge in [-0.05, 0) is 57.6 Å². The maximum absolute atomic E-state index is 6.83. The predicted molar refractivity (Wildman–Crippen MR) is 197 cm³/mol. The quantitative estimate of drug-likeness (QED) is 0.195. The molecule has 2 heterocycles. The van der Waals surface area contributed by atoms with Gasteiger partial charge in [-0.1, -0.05) is 152 Å². The van der Waals surface area contributed by atoms with E-state index in [-0.39, 0.29) is 0 Å². The van der Waals surface area contributed by atoms with Gasteiger partial charge >= 0.3 is 0 Å². The molecule has 49 heavy (non-hydrogen) atoms. The zero-order valence-corrected chi connectivity index (χ0v) is 26.5. The normalized spacial score (nSPS) is 13.6. The van der Waals surface area contributed by atoms with Gasteiger partial charge in [0, 0.05) is 16.5 Å². The Labute approximate surface area is 284 Å². The number of hydrogen-bond donors (Lipinski definition) is 0. The standard InChI is InChI=1S/C45H29N3O/c1-2-14-30(15-3-1)31-26-28-32(29-27-31)43-35-18-6-10-22-39(35)46-44(47-43)48-40-23-11-13-25-42(40)49-41-24-12-9-21-38(41)45(48)36-19-7-4-16-33(36)34-17-5-8-20-37(34)45/h1-29H. The molecule has 230 valence electrons. The van der Waals surface area contributed by atoms with Crippen LogP contribution in [0.5, 0.6) is 11.5 Å². The van der Waals surface area contributed by atoms with Crippen molar-refractivity contribution < 1.29 is 4.74 Å². The number of aromatic nitrogens is 2. The Kier molecular flexibility index (Phi) is 6.06. The number of rotatable bonds is 3. The average Bonchev–Trinajstić information content (AvgIpc) is 3.38. The van der Waals surface area contributed by atoms with Gasteiger partial charge in [0.05, 0.1) is 16.9 Å². The van der Waals surface area contributed by atoms with Gasteiger partial charge in [-0.2, -0.15) is 0 Å². The van der Waals surface area contributed by atoms with E-state index < -0.39 is 5.54 Å². The van der Waals surface area contributed by atoms with Crippen molar-refractivity contribution in [3.63, 3.8) is 0 Å². The van der Waals surface area contributed by atoms with Crippen LogP contribution in [-0.4, -0.2) is 9.97 Å². The zero-order chi connectivity index (χ0) is 32.4. The van der Waals surface area contributed by atoms with Crippen molar-refractivity contribution in [3.05, 3.63) is 193 Å². The fourth-order valence-corrected chi connectivity index (χ4v) is 7.84. The lowest BCUT2D eigenvalue weighted by Gasteiger charge is -2.42. The summed E-state index contributed by atoms with van der Waals surface area (Å²) in [4.78, 5) is 13.2. The second-order valence-corrected chi connectivity index (χ2v) is 12.5. The van der Waals surface area contributed by atoms with Crippen LogP contribution in [0.3, 0.4) is 0 Å². The zero-order valence-electron chi connectivity index (χ0n) is 26.5. The SMILES string of the molecule is c1ccc(-c2ccc(-c3nc(N4c5ccccc5Oc5ccccc5C45c4ccccc4-c4ccccc45)nc4ccccc34)cc2)cc1. The van der Waals surface area contributed by atoms with Crippen molar-refractivity contribution in [1.29, 1.82) is 0 Å². The third-order valence-electron chi connectivity index (χ3n) is 9.92. The highest BCUT2D eigenvalue weighted by Crippen LogP contribution is 2.61. The van der Waals surface area contributed by atoms with Crippen LogP contribution in [0, 0.1) is 0 Å². The minimum atomic E-state index is -0.826. The van der Waals surface area contributed by atoms with E-state index in [0.29, 0.717) is 5.95 Å². The molecule has 8 aromatic rings. The first-order valence-electron chi connectivity index (χ1n) is 16.6. The van der Waals surface area contributed by atoms with Gasteiger partial charge in [0.25, 0.3) is 0 Å². The number of para-hydroxylation sites is 4. The third-order valence-corrected chi connectivity index (χ3v) is 9.92. The van der Waals surface area contributed by atoms with E-state index in [0.717, 1.165) is 61.6 Å². The molecule has 0 radical (unpaired) electrons. The summed E-state index contributed by atoms with van der Waals surface area (Å²) in [6, 6.07) is 61.6. The molecule has 1 spiro atoms. The fraction of sp³-hybridized carbons (Fsp3) is 0.0222. The van der Waals surface area contributed by atoms with E-state index in [1.165, 1.54) is 16.7 Å². The molecule has 0 saturated heterocycles. The van der Waals surface area contributed by atoms with Crippen LogP contribution in [-0.2, 0) is 5.54 Å². The van der Waals surface area contributed by atoms with E-state index in [1.54, 1.807) is 0 Å². The summed E-state index contributed by atoms with van der Waals surface area (Å²) < 4.78 is 6.83. The summed E-state index contributed by atoms with van der Waals surface area (Å²) in [5, 5.41) is 1.000. The number of benzene rings is 7. The Hall–Kier alpha value is -6.52. The average molecular weight is 628 g/mol. The first-order valence-corrected chi connectivity index (χ1v) is 16.6. The Morgan fingerprint density at radius 3 is 1.73 bits per heavy atom. The van der Waals surface area contributed by atoms with Crippen LogP contribution >= 0.6 is 0 Å². The summed E-state index contributed by atoms with van der Waals surface area (Å²) in [7, 11) is 0. The summed E-state index contributed by atoms with van der Waals surface area (Å²) in [6.07, 6.45) is 0. The molecule has 0 amide bonds. The van der Waals surface area contributed by atoms with Crippen molar-refractivity contribution in [2.75, 3.05) is 4.90 Å². The Balaban J connectivity index is 1.30. The minimum absolute atomic E-state index is 0.597. The summed E-state index contributed by atoms with van der Waals surface area (Å²) >= 11 is 0. The number of ether oxygens (including phenoxy) is 1. The Morgan fingerprint density at radius 2 is 0.980 bits per heavy atom. The molecule has 2 aliphatic rings. The number of anilines is 2. The molecule has 1 aliphatic carbocycles. The predicted octanol–water partition coefficient (Wildman–Crippen LogP) is 11.2. The molecule has 1 aromatic heterocycles. The molecule has 0 saturated carbocycles. The molecule has 0 fully saturated rings. The molecule has 1 aliphatic heterocycles. The largest absolute Gasteiger partial charge is 0.455 e. The van der Waals surface area contributed by atoms with E-state index in [4.69, 9.17) is 14.7 Å². The van der Waals surface area contributed by atoms with Crippen LogP contribution in [0.2, 0.25) is 0 Å². The van der Waals surface area contributed by atoms with Gasteiger partial charge in [0.15, 0.2) is 5.75 Å². The Bertz CT molecular complexity index is 2500. The highest BCUT2D eigenvalue weighted by atomic mass is 16.5. The molecular formula is C45H29N3O. The van der Waals surface area contributed by atoms with E-state index in [9.17, 15) is 0 Å². The van der Waals surface area contributed by atoms with E-state index >= 15 is 0 Å². The number of fused-ring (bicyclic) bond motifs is 9. The Morgan fingerprint density at radius 1 is 0.429 bits per heavy atom. The van der Waals surface area contributed by atoms with Gasteiger partial charge < -0.3 is 4.74 Å². The molecular weight excluding hydrogens is 599 g/mol. The van der Waals surface area contributed by atoms with Gasteiger partial charge in [0.2, 0.25) is 5.95 Å². The summed E-state index contributed by atoms with van der Waals surface area (Å²) in [5.41, 5.74) is 10.9. The molecule has 0 bridgehead atoms. The van der Waals surface area contributed by atoms with Crippen LogP contribution in [0.15, 0.2) is 176 Å². The van der Waals surface area contributed by atoms with Crippen molar-refractivity contribution in [3.8, 4) is 45.0 Å². The fourth-order valence-electron chi connectivity index (χ4n) is 7.84. The smallest absolute Gasteiger partial charge is 0.232 e. The topological polar surface area (TPSA) is 38.2 Å². The van der Waals surface area contributed by atoms with Crippen LogP contribution in [0.4, 0.5) is 11.6 Å². The first kappa shape index (κ1) is 27.6.